The predicted molar refractivity (Wildman–Crippen MR) is 80.1 cm³/mol. The van der Waals surface area contributed by atoms with E-state index in [-0.39, 0.29) is 11.6 Å². The van der Waals surface area contributed by atoms with Crippen LogP contribution in [0.5, 0.6) is 0 Å². The highest BCUT2D eigenvalue weighted by atomic mass is 79.9. The van der Waals surface area contributed by atoms with Gasteiger partial charge in [0.25, 0.3) is 11.6 Å². The van der Waals surface area contributed by atoms with Crippen molar-refractivity contribution < 1.29 is 9.72 Å². The number of hydrogen-bond donors (Lipinski definition) is 1. The van der Waals surface area contributed by atoms with Gasteiger partial charge in [-0.2, -0.15) is 5.10 Å². The zero-order chi connectivity index (χ0) is 15.4. The second-order valence-electron chi connectivity index (χ2n) is 4.44. The van der Waals surface area contributed by atoms with E-state index in [0.717, 1.165) is 4.47 Å². The molecule has 0 aliphatic carbocycles. The first-order valence-corrected chi connectivity index (χ1v) is 6.98. The number of benzene rings is 1. The number of carbonyl (C=O) groups excluding carboxylic acids is 1. The third-order valence-electron chi connectivity index (χ3n) is 2.88. The number of nitro benzene ring substituents is 1. The van der Waals surface area contributed by atoms with Gasteiger partial charge in [-0.3, -0.25) is 19.6 Å². The number of nitrogens with zero attached hydrogens (tertiary/aromatic N) is 3. The third kappa shape index (κ3) is 3.88. The Morgan fingerprint density at radius 2 is 2.29 bits per heavy atom. The van der Waals surface area contributed by atoms with Crippen molar-refractivity contribution in [2.75, 3.05) is 6.54 Å². The van der Waals surface area contributed by atoms with Gasteiger partial charge in [-0.05, 0) is 35.0 Å². The standard InChI is InChI=1S/C13H13BrN4O3/c1-9-6-10(2-3-12(9)18(20)21)13(19)15-4-5-17-8-11(14)7-16-17/h2-3,6-8H,4-5H2,1H3,(H,15,19). The van der Waals surface area contributed by atoms with Gasteiger partial charge in [0.15, 0.2) is 0 Å². The summed E-state index contributed by atoms with van der Waals surface area (Å²) in [6, 6.07) is 4.30. The van der Waals surface area contributed by atoms with Crippen molar-refractivity contribution in [2.24, 2.45) is 0 Å². The molecule has 0 fully saturated rings. The number of rotatable bonds is 5. The molecule has 0 saturated heterocycles. The van der Waals surface area contributed by atoms with Gasteiger partial charge in [-0.25, -0.2) is 0 Å². The lowest BCUT2D eigenvalue weighted by Crippen LogP contribution is -2.27. The first-order chi connectivity index (χ1) is 9.97. The van der Waals surface area contributed by atoms with Crippen molar-refractivity contribution in [3.8, 4) is 0 Å². The summed E-state index contributed by atoms with van der Waals surface area (Å²) >= 11 is 3.29. The van der Waals surface area contributed by atoms with Gasteiger partial charge in [0.1, 0.15) is 0 Å². The van der Waals surface area contributed by atoms with Crippen molar-refractivity contribution in [1.82, 2.24) is 15.1 Å². The summed E-state index contributed by atoms with van der Waals surface area (Å²) < 4.78 is 2.57. The van der Waals surface area contributed by atoms with Crippen LogP contribution in [0.25, 0.3) is 0 Å². The van der Waals surface area contributed by atoms with E-state index in [9.17, 15) is 14.9 Å². The van der Waals surface area contributed by atoms with Gasteiger partial charge < -0.3 is 5.32 Å². The molecule has 0 atom stereocenters. The highest BCUT2D eigenvalue weighted by Gasteiger charge is 2.13. The predicted octanol–water partition coefficient (Wildman–Crippen LogP) is 2.29. The van der Waals surface area contributed by atoms with E-state index in [1.165, 1.54) is 18.2 Å². The second kappa shape index (κ2) is 6.49. The summed E-state index contributed by atoms with van der Waals surface area (Å²) in [4.78, 5) is 22.2. The van der Waals surface area contributed by atoms with E-state index in [1.807, 2.05) is 6.20 Å². The molecule has 0 spiro atoms. The van der Waals surface area contributed by atoms with Crippen LogP contribution in [0.4, 0.5) is 5.69 Å². The number of nitrogens with one attached hydrogen (secondary N) is 1. The molecule has 2 aromatic rings. The Hall–Kier alpha value is -2.22. The van der Waals surface area contributed by atoms with Crippen molar-refractivity contribution >= 4 is 27.5 Å². The topological polar surface area (TPSA) is 90.1 Å². The van der Waals surface area contributed by atoms with Crippen molar-refractivity contribution in [3.63, 3.8) is 0 Å². The average Bonchev–Trinajstić information content (AvgIpc) is 2.83. The van der Waals surface area contributed by atoms with Gasteiger partial charge in [-0.1, -0.05) is 0 Å². The monoisotopic (exact) mass is 352 g/mol. The highest BCUT2D eigenvalue weighted by molar-refractivity contribution is 9.10. The van der Waals surface area contributed by atoms with Gasteiger partial charge >= 0.3 is 0 Å². The summed E-state index contributed by atoms with van der Waals surface area (Å²) in [6.07, 6.45) is 3.48. The molecule has 1 amide bonds. The zero-order valence-electron chi connectivity index (χ0n) is 11.2. The van der Waals surface area contributed by atoms with E-state index in [0.29, 0.717) is 24.2 Å². The molecule has 1 aromatic heterocycles. The molecule has 1 N–H and O–H groups in total. The van der Waals surface area contributed by atoms with Crippen molar-refractivity contribution in [3.05, 3.63) is 56.3 Å². The lowest BCUT2D eigenvalue weighted by molar-refractivity contribution is -0.385. The Morgan fingerprint density at radius 1 is 1.52 bits per heavy atom. The first kappa shape index (κ1) is 15.2. The number of hydrogen-bond acceptors (Lipinski definition) is 4. The fourth-order valence-electron chi connectivity index (χ4n) is 1.85. The largest absolute Gasteiger partial charge is 0.350 e. The molecule has 21 heavy (non-hydrogen) atoms. The lowest BCUT2D eigenvalue weighted by Gasteiger charge is -2.06. The molecule has 0 bridgehead atoms. The Bertz CT molecular complexity index is 684. The smallest absolute Gasteiger partial charge is 0.272 e. The van der Waals surface area contributed by atoms with Crippen LogP contribution < -0.4 is 5.32 Å². The zero-order valence-corrected chi connectivity index (χ0v) is 12.8. The van der Waals surface area contributed by atoms with Crippen molar-refractivity contribution in [2.45, 2.75) is 13.5 Å². The number of carbonyl (C=O) groups is 1. The maximum absolute atomic E-state index is 12.0. The summed E-state index contributed by atoms with van der Waals surface area (Å²) in [5.74, 6) is -0.265. The van der Waals surface area contributed by atoms with E-state index in [4.69, 9.17) is 0 Å². The van der Waals surface area contributed by atoms with Crippen LogP contribution in [0.1, 0.15) is 15.9 Å². The minimum absolute atomic E-state index is 0.00735. The molecule has 1 aromatic carbocycles. The van der Waals surface area contributed by atoms with Crippen LogP contribution in [0.15, 0.2) is 35.1 Å². The number of aryl methyl sites for hydroxylation is 1. The van der Waals surface area contributed by atoms with Crippen molar-refractivity contribution in [1.29, 1.82) is 0 Å². The number of nitro groups is 1. The summed E-state index contributed by atoms with van der Waals surface area (Å²) in [5, 5.41) is 17.5. The fraction of sp³-hybridized carbons (Fsp3) is 0.231. The van der Waals surface area contributed by atoms with Crippen LogP contribution in [-0.2, 0) is 6.54 Å². The molecule has 2 rings (SSSR count). The Labute approximate surface area is 129 Å². The first-order valence-electron chi connectivity index (χ1n) is 6.18. The Kier molecular flexibility index (Phi) is 4.69. The van der Waals surface area contributed by atoms with Gasteiger partial charge in [-0.15, -0.1) is 0 Å². The molecule has 1 heterocycles. The molecular formula is C13H13BrN4O3. The third-order valence-corrected chi connectivity index (χ3v) is 3.29. The molecule has 7 nitrogen and oxygen atoms in total. The van der Waals surface area contributed by atoms with E-state index < -0.39 is 4.92 Å². The van der Waals surface area contributed by atoms with E-state index in [1.54, 1.807) is 17.8 Å². The van der Waals surface area contributed by atoms with E-state index >= 15 is 0 Å². The maximum Gasteiger partial charge on any atom is 0.272 e. The molecule has 0 aliphatic rings. The summed E-state index contributed by atoms with van der Waals surface area (Å²) in [6.45, 7) is 2.57. The van der Waals surface area contributed by atoms with Crippen LogP contribution in [0, 0.1) is 17.0 Å². The van der Waals surface area contributed by atoms with Crippen LogP contribution in [-0.4, -0.2) is 27.2 Å². The van der Waals surface area contributed by atoms with Crippen LogP contribution in [0.3, 0.4) is 0 Å². The van der Waals surface area contributed by atoms with E-state index in [2.05, 4.69) is 26.3 Å². The Morgan fingerprint density at radius 3 is 2.86 bits per heavy atom. The number of amides is 1. The fourth-order valence-corrected chi connectivity index (χ4v) is 2.18. The van der Waals surface area contributed by atoms with Crippen LogP contribution in [0.2, 0.25) is 0 Å². The number of aromatic nitrogens is 2. The highest BCUT2D eigenvalue weighted by Crippen LogP contribution is 2.18. The average molecular weight is 353 g/mol. The molecule has 110 valence electrons. The second-order valence-corrected chi connectivity index (χ2v) is 5.35. The van der Waals surface area contributed by atoms with Crippen LogP contribution >= 0.6 is 15.9 Å². The quantitative estimate of drug-likeness (QED) is 0.660. The summed E-state index contributed by atoms with van der Waals surface area (Å²) in [7, 11) is 0. The van der Waals surface area contributed by atoms with Gasteiger partial charge in [0, 0.05) is 29.9 Å². The molecular weight excluding hydrogens is 340 g/mol. The molecule has 8 heteroatoms. The Balaban J connectivity index is 1.94. The molecule has 0 aliphatic heterocycles. The minimum Gasteiger partial charge on any atom is -0.350 e. The SMILES string of the molecule is Cc1cc(C(=O)NCCn2cc(Br)cn2)ccc1[N+](=O)[O-]. The summed E-state index contributed by atoms with van der Waals surface area (Å²) in [5.41, 5.74) is 0.872. The minimum atomic E-state index is -0.466. The normalized spacial score (nSPS) is 10.4. The lowest BCUT2D eigenvalue weighted by atomic mass is 10.1. The molecule has 0 unspecified atom stereocenters. The van der Waals surface area contributed by atoms with Gasteiger partial charge in [0.2, 0.25) is 0 Å². The number of halogens is 1. The molecule has 0 radical (unpaired) electrons. The van der Waals surface area contributed by atoms with Gasteiger partial charge in [0.05, 0.1) is 22.1 Å². The molecule has 0 saturated carbocycles. The maximum atomic E-state index is 12.0.